The number of nitrogens with one attached hydrogen (secondary N) is 2. The van der Waals surface area contributed by atoms with E-state index in [4.69, 9.17) is 4.42 Å². The van der Waals surface area contributed by atoms with Crippen molar-refractivity contribution in [3.63, 3.8) is 0 Å². The molecule has 1 heterocycles. The van der Waals surface area contributed by atoms with E-state index in [-0.39, 0.29) is 29.9 Å². The smallest absolute Gasteiger partial charge is 0.316 e. The van der Waals surface area contributed by atoms with Crippen molar-refractivity contribution in [2.75, 3.05) is 5.32 Å². The quantitative estimate of drug-likeness (QED) is 0.779. The molecular weight excluding hydrogens is 196 g/mol. The first-order valence-corrected chi connectivity index (χ1v) is 4.90. The van der Waals surface area contributed by atoms with Crippen molar-refractivity contribution in [3.05, 3.63) is 5.89 Å². The van der Waals surface area contributed by atoms with Gasteiger partial charge in [-0.25, -0.2) is 0 Å². The van der Waals surface area contributed by atoms with Gasteiger partial charge in [-0.2, -0.15) is 0 Å². The molecule has 1 rings (SSSR count). The fourth-order valence-electron chi connectivity index (χ4n) is 0.944. The van der Waals surface area contributed by atoms with Crippen molar-refractivity contribution >= 4 is 11.9 Å². The van der Waals surface area contributed by atoms with Gasteiger partial charge in [-0.15, -0.1) is 5.10 Å². The van der Waals surface area contributed by atoms with E-state index >= 15 is 0 Å². The highest BCUT2D eigenvalue weighted by Crippen LogP contribution is 2.06. The van der Waals surface area contributed by atoms with Gasteiger partial charge in [-0.1, -0.05) is 5.10 Å². The van der Waals surface area contributed by atoms with Gasteiger partial charge in [0.15, 0.2) is 0 Å². The van der Waals surface area contributed by atoms with Crippen LogP contribution in [0.25, 0.3) is 0 Å². The van der Waals surface area contributed by atoms with E-state index < -0.39 is 0 Å². The zero-order valence-corrected chi connectivity index (χ0v) is 9.37. The molecule has 0 spiro atoms. The molecule has 0 fully saturated rings. The standard InChI is InChI=1S/C9H16N4O2/c1-5(2)10-7(14)8-12-13-9(15-8)11-6(3)4/h5-6H,1-4H3,(H,10,14)(H,11,13). The van der Waals surface area contributed by atoms with E-state index in [9.17, 15) is 4.79 Å². The molecule has 0 unspecified atom stereocenters. The molecule has 0 aliphatic rings. The van der Waals surface area contributed by atoms with Crippen molar-refractivity contribution in [2.24, 2.45) is 0 Å². The Morgan fingerprint density at radius 3 is 2.40 bits per heavy atom. The number of rotatable bonds is 4. The molecule has 0 aliphatic heterocycles. The molecule has 6 heteroatoms. The number of nitrogens with zero attached hydrogens (tertiary/aromatic N) is 2. The van der Waals surface area contributed by atoms with Gasteiger partial charge in [0.05, 0.1) is 0 Å². The van der Waals surface area contributed by atoms with Crippen LogP contribution in [0.4, 0.5) is 6.01 Å². The molecule has 0 saturated heterocycles. The van der Waals surface area contributed by atoms with E-state index in [2.05, 4.69) is 20.8 Å². The minimum atomic E-state index is -0.352. The number of amides is 1. The van der Waals surface area contributed by atoms with Crippen LogP contribution in [0.5, 0.6) is 0 Å². The summed E-state index contributed by atoms with van der Waals surface area (Å²) >= 11 is 0. The molecule has 0 bridgehead atoms. The average Bonchev–Trinajstić information content (AvgIpc) is 2.50. The van der Waals surface area contributed by atoms with E-state index in [0.29, 0.717) is 0 Å². The summed E-state index contributed by atoms with van der Waals surface area (Å²) < 4.78 is 5.11. The number of hydrogen-bond acceptors (Lipinski definition) is 5. The van der Waals surface area contributed by atoms with Crippen LogP contribution in [-0.2, 0) is 0 Å². The maximum absolute atomic E-state index is 11.4. The Kier molecular flexibility index (Phi) is 3.65. The number of aromatic nitrogens is 2. The van der Waals surface area contributed by atoms with Crippen LogP contribution >= 0.6 is 0 Å². The molecule has 0 saturated carbocycles. The van der Waals surface area contributed by atoms with Crippen LogP contribution in [0.1, 0.15) is 38.4 Å². The monoisotopic (exact) mass is 212 g/mol. The first-order chi connectivity index (χ1) is 6.99. The van der Waals surface area contributed by atoms with Gasteiger partial charge >= 0.3 is 17.8 Å². The van der Waals surface area contributed by atoms with Gasteiger partial charge in [0.1, 0.15) is 0 Å². The van der Waals surface area contributed by atoms with Crippen molar-refractivity contribution in [3.8, 4) is 0 Å². The summed E-state index contributed by atoms with van der Waals surface area (Å²) in [5, 5.41) is 12.9. The normalized spacial score (nSPS) is 10.8. The van der Waals surface area contributed by atoms with Crippen molar-refractivity contribution in [1.29, 1.82) is 0 Å². The van der Waals surface area contributed by atoms with Crippen molar-refractivity contribution in [1.82, 2.24) is 15.5 Å². The van der Waals surface area contributed by atoms with E-state index in [1.165, 1.54) is 0 Å². The summed E-state index contributed by atoms with van der Waals surface area (Å²) in [7, 11) is 0. The molecule has 15 heavy (non-hydrogen) atoms. The zero-order valence-electron chi connectivity index (χ0n) is 9.37. The lowest BCUT2D eigenvalue weighted by molar-refractivity contribution is 0.0909. The topological polar surface area (TPSA) is 80.0 Å². The Morgan fingerprint density at radius 1 is 1.20 bits per heavy atom. The van der Waals surface area contributed by atoms with E-state index in [1.807, 2.05) is 27.7 Å². The minimum absolute atomic E-state index is 0.0214. The molecule has 84 valence electrons. The largest absolute Gasteiger partial charge is 0.399 e. The molecule has 1 amide bonds. The molecular formula is C9H16N4O2. The Balaban J connectivity index is 2.63. The van der Waals surface area contributed by atoms with Gasteiger partial charge in [-0.3, -0.25) is 4.79 Å². The fourth-order valence-corrected chi connectivity index (χ4v) is 0.944. The highest BCUT2D eigenvalue weighted by Gasteiger charge is 2.15. The van der Waals surface area contributed by atoms with Crippen molar-refractivity contribution < 1.29 is 9.21 Å². The number of anilines is 1. The Hall–Kier alpha value is -1.59. The lowest BCUT2D eigenvalue weighted by atomic mass is 10.4. The first-order valence-electron chi connectivity index (χ1n) is 4.90. The SMILES string of the molecule is CC(C)NC(=O)c1nnc(NC(C)C)o1. The Bertz CT molecular complexity index is 333. The van der Waals surface area contributed by atoms with Crippen LogP contribution in [0.15, 0.2) is 4.42 Å². The van der Waals surface area contributed by atoms with Gasteiger partial charge in [0.25, 0.3) is 0 Å². The third kappa shape index (κ3) is 3.57. The molecule has 1 aromatic rings. The van der Waals surface area contributed by atoms with Crippen LogP contribution in [0, 0.1) is 0 Å². The second kappa shape index (κ2) is 4.77. The second-order valence-electron chi connectivity index (χ2n) is 3.84. The average molecular weight is 212 g/mol. The highest BCUT2D eigenvalue weighted by atomic mass is 16.4. The highest BCUT2D eigenvalue weighted by molar-refractivity contribution is 5.89. The lowest BCUT2D eigenvalue weighted by Gasteiger charge is -2.04. The second-order valence-corrected chi connectivity index (χ2v) is 3.84. The van der Waals surface area contributed by atoms with Gasteiger partial charge in [0.2, 0.25) is 0 Å². The van der Waals surface area contributed by atoms with Crippen LogP contribution in [0.3, 0.4) is 0 Å². The summed E-state index contributed by atoms with van der Waals surface area (Å²) in [6.45, 7) is 7.61. The molecule has 6 nitrogen and oxygen atoms in total. The first kappa shape index (κ1) is 11.5. The molecule has 1 aromatic heterocycles. The van der Waals surface area contributed by atoms with Gasteiger partial charge in [0, 0.05) is 12.1 Å². The maximum atomic E-state index is 11.4. The molecule has 0 radical (unpaired) electrons. The van der Waals surface area contributed by atoms with Crippen LogP contribution in [-0.4, -0.2) is 28.2 Å². The Morgan fingerprint density at radius 2 is 1.87 bits per heavy atom. The van der Waals surface area contributed by atoms with Crippen LogP contribution < -0.4 is 10.6 Å². The number of hydrogen-bond donors (Lipinski definition) is 2. The minimum Gasteiger partial charge on any atom is -0.399 e. The summed E-state index contributed by atoms with van der Waals surface area (Å²) in [6.07, 6.45) is 0. The third-order valence-electron chi connectivity index (χ3n) is 1.45. The number of carbonyl (C=O) groups excluding carboxylic acids is 1. The predicted octanol–water partition coefficient (Wildman–Crippen LogP) is 1.03. The lowest BCUT2D eigenvalue weighted by Crippen LogP contribution is -2.30. The number of carbonyl (C=O) groups is 1. The van der Waals surface area contributed by atoms with Crippen LogP contribution in [0.2, 0.25) is 0 Å². The molecule has 2 N–H and O–H groups in total. The summed E-state index contributed by atoms with van der Waals surface area (Å²) in [5.41, 5.74) is 0. The van der Waals surface area contributed by atoms with Gasteiger partial charge < -0.3 is 15.1 Å². The molecule has 0 aromatic carbocycles. The van der Waals surface area contributed by atoms with Crippen molar-refractivity contribution in [2.45, 2.75) is 39.8 Å². The predicted molar refractivity (Wildman–Crippen MR) is 55.7 cm³/mol. The molecule has 0 aliphatic carbocycles. The van der Waals surface area contributed by atoms with Gasteiger partial charge in [-0.05, 0) is 27.7 Å². The summed E-state index contributed by atoms with van der Waals surface area (Å²) in [5.74, 6) is -0.374. The zero-order chi connectivity index (χ0) is 11.4. The third-order valence-corrected chi connectivity index (χ3v) is 1.45. The van der Waals surface area contributed by atoms with E-state index in [0.717, 1.165) is 0 Å². The fraction of sp³-hybridized carbons (Fsp3) is 0.667. The molecule has 0 atom stereocenters. The summed E-state index contributed by atoms with van der Waals surface area (Å²) in [4.78, 5) is 11.4. The maximum Gasteiger partial charge on any atom is 0.316 e. The Labute approximate surface area is 88.4 Å². The summed E-state index contributed by atoms with van der Waals surface area (Å²) in [6, 6.07) is 0.497. The van der Waals surface area contributed by atoms with E-state index in [1.54, 1.807) is 0 Å².